The first-order valence-electron chi connectivity index (χ1n) is 6.05. The van der Waals surface area contributed by atoms with E-state index in [1.807, 2.05) is 6.07 Å². The van der Waals surface area contributed by atoms with Gasteiger partial charge in [-0.15, -0.1) is 11.6 Å². The molecule has 21 heavy (non-hydrogen) atoms. The zero-order valence-electron chi connectivity index (χ0n) is 10.9. The summed E-state index contributed by atoms with van der Waals surface area (Å²) >= 11 is 5.43. The van der Waals surface area contributed by atoms with Crippen LogP contribution in [0.5, 0.6) is 5.75 Å². The minimum atomic E-state index is -0.461. The van der Waals surface area contributed by atoms with Crippen LogP contribution < -0.4 is 4.74 Å². The van der Waals surface area contributed by atoms with E-state index < -0.39 is 5.82 Å². The third kappa shape index (κ3) is 4.21. The maximum Gasteiger partial charge on any atom is 0.142 e. The van der Waals surface area contributed by atoms with Crippen molar-refractivity contribution in [3.8, 4) is 23.7 Å². The van der Waals surface area contributed by atoms with Gasteiger partial charge in [0.1, 0.15) is 29.9 Å². The molecule has 0 saturated carbocycles. The Hall–Kier alpha value is -2.56. The largest absolute Gasteiger partial charge is 0.489 e. The molecule has 0 spiro atoms. The van der Waals surface area contributed by atoms with Crippen molar-refractivity contribution in [2.24, 2.45) is 0 Å². The standard InChI is InChI=1S/C16H10ClFN2O/c17-6-1-2-13-3-4-15(9-16(13)18)21-11-12-5-7-20-14(8-12)10-19/h3-5,7-9H,6,11H2. The highest BCUT2D eigenvalue weighted by atomic mass is 35.5. The van der Waals surface area contributed by atoms with E-state index in [4.69, 9.17) is 21.6 Å². The molecule has 1 aromatic carbocycles. The molecular weight excluding hydrogens is 291 g/mol. The lowest BCUT2D eigenvalue weighted by Crippen LogP contribution is -1.97. The summed E-state index contributed by atoms with van der Waals surface area (Å²) in [4.78, 5) is 3.86. The maximum atomic E-state index is 13.7. The normalized spacial score (nSPS) is 9.38. The number of rotatable bonds is 3. The predicted molar refractivity (Wildman–Crippen MR) is 77.3 cm³/mol. The molecule has 2 rings (SSSR count). The molecule has 3 nitrogen and oxygen atoms in total. The molecule has 0 bridgehead atoms. The van der Waals surface area contributed by atoms with Gasteiger partial charge < -0.3 is 4.74 Å². The molecule has 0 radical (unpaired) electrons. The lowest BCUT2D eigenvalue weighted by atomic mass is 10.2. The van der Waals surface area contributed by atoms with E-state index in [2.05, 4.69) is 16.8 Å². The lowest BCUT2D eigenvalue weighted by Gasteiger charge is -2.07. The molecule has 0 N–H and O–H groups in total. The van der Waals surface area contributed by atoms with E-state index in [1.165, 1.54) is 18.3 Å². The van der Waals surface area contributed by atoms with Gasteiger partial charge in [-0.05, 0) is 29.8 Å². The van der Waals surface area contributed by atoms with E-state index in [-0.39, 0.29) is 18.1 Å². The van der Waals surface area contributed by atoms with Crippen LogP contribution in [0.3, 0.4) is 0 Å². The number of halogens is 2. The van der Waals surface area contributed by atoms with Crippen LogP contribution in [0.4, 0.5) is 4.39 Å². The average Bonchev–Trinajstić information content (AvgIpc) is 2.52. The number of benzene rings is 1. The van der Waals surface area contributed by atoms with Gasteiger partial charge in [-0.1, -0.05) is 11.8 Å². The number of hydrogen-bond acceptors (Lipinski definition) is 3. The van der Waals surface area contributed by atoms with Gasteiger partial charge in [-0.25, -0.2) is 9.37 Å². The summed E-state index contributed by atoms with van der Waals surface area (Å²) in [5.74, 6) is 5.30. The van der Waals surface area contributed by atoms with Crippen molar-refractivity contribution >= 4 is 11.6 Å². The van der Waals surface area contributed by atoms with Crippen LogP contribution in [-0.2, 0) is 6.61 Å². The molecule has 1 heterocycles. The Morgan fingerprint density at radius 3 is 2.86 bits per heavy atom. The zero-order chi connectivity index (χ0) is 15.1. The highest BCUT2D eigenvalue weighted by Gasteiger charge is 2.03. The fraction of sp³-hybridized carbons (Fsp3) is 0.125. The summed E-state index contributed by atoms with van der Waals surface area (Å²) in [6, 6.07) is 9.74. The lowest BCUT2D eigenvalue weighted by molar-refractivity contribution is 0.304. The highest BCUT2D eigenvalue weighted by Crippen LogP contribution is 2.17. The quantitative estimate of drug-likeness (QED) is 0.645. The summed E-state index contributed by atoms with van der Waals surface area (Å²) in [7, 11) is 0. The number of nitrogens with zero attached hydrogens (tertiary/aromatic N) is 2. The van der Waals surface area contributed by atoms with Crippen molar-refractivity contribution < 1.29 is 9.13 Å². The van der Waals surface area contributed by atoms with Gasteiger partial charge in [0.25, 0.3) is 0 Å². The Bertz CT molecular complexity index is 744. The maximum absolute atomic E-state index is 13.7. The van der Waals surface area contributed by atoms with E-state index in [9.17, 15) is 4.39 Å². The Kier molecular flexibility index (Phi) is 5.15. The highest BCUT2D eigenvalue weighted by molar-refractivity contribution is 6.19. The van der Waals surface area contributed by atoms with Gasteiger partial charge in [0.2, 0.25) is 0 Å². The predicted octanol–water partition coefficient (Wildman–Crippen LogP) is 3.26. The van der Waals surface area contributed by atoms with Gasteiger partial charge in [0.15, 0.2) is 0 Å². The molecule has 0 aliphatic heterocycles. The van der Waals surface area contributed by atoms with Gasteiger partial charge in [0.05, 0.1) is 11.4 Å². The fourth-order valence-electron chi connectivity index (χ4n) is 1.61. The molecule has 2 aromatic rings. The number of alkyl halides is 1. The van der Waals surface area contributed by atoms with Gasteiger partial charge in [0, 0.05) is 12.3 Å². The van der Waals surface area contributed by atoms with Gasteiger partial charge >= 0.3 is 0 Å². The van der Waals surface area contributed by atoms with Crippen molar-refractivity contribution in [1.82, 2.24) is 4.98 Å². The summed E-state index contributed by atoms with van der Waals surface area (Å²) < 4.78 is 19.2. The molecule has 0 atom stereocenters. The Morgan fingerprint density at radius 2 is 2.14 bits per heavy atom. The Morgan fingerprint density at radius 1 is 1.29 bits per heavy atom. The molecule has 104 valence electrons. The molecule has 0 unspecified atom stereocenters. The molecule has 0 aliphatic rings. The molecular formula is C16H10ClFN2O. The SMILES string of the molecule is N#Cc1cc(COc2ccc(C#CCCl)c(F)c2)ccn1. The van der Waals surface area contributed by atoms with Crippen LogP contribution in [0, 0.1) is 29.0 Å². The number of hydrogen-bond donors (Lipinski definition) is 0. The molecule has 0 amide bonds. The van der Waals surface area contributed by atoms with Crippen LogP contribution >= 0.6 is 11.6 Å². The van der Waals surface area contributed by atoms with Crippen LogP contribution in [0.1, 0.15) is 16.8 Å². The smallest absolute Gasteiger partial charge is 0.142 e. The third-order valence-corrected chi connectivity index (χ3v) is 2.71. The first-order valence-corrected chi connectivity index (χ1v) is 6.58. The number of nitriles is 1. The topological polar surface area (TPSA) is 45.9 Å². The van der Waals surface area contributed by atoms with Crippen molar-refractivity contribution in [2.45, 2.75) is 6.61 Å². The molecule has 1 aromatic heterocycles. The monoisotopic (exact) mass is 300 g/mol. The minimum absolute atomic E-state index is 0.154. The van der Waals surface area contributed by atoms with Crippen LogP contribution in [0.2, 0.25) is 0 Å². The van der Waals surface area contributed by atoms with E-state index in [1.54, 1.807) is 18.2 Å². The molecule has 5 heteroatoms. The second-order valence-electron chi connectivity index (χ2n) is 4.03. The Balaban J connectivity index is 2.07. The second kappa shape index (κ2) is 7.28. The summed E-state index contributed by atoms with van der Waals surface area (Å²) in [5, 5.41) is 8.76. The number of ether oxygens (including phenoxy) is 1. The van der Waals surface area contributed by atoms with Gasteiger partial charge in [-0.2, -0.15) is 5.26 Å². The minimum Gasteiger partial charge on any atom is -0.489 e. The summed E-state index contributed by atoms with van der Waals surface area (Å²) in [6.07, 6.45) is 1.53. The molecule has 0 saturated heterocycles. The molecule has 0 fully saturated rings. The fourth-order valence-corrected chi connectivity index (χ4v) is 1.67. The van der Waals surface area contributed by atoms with Crippen LogP contribution in [0.15, 0.2) is 36.5 Å². The van der Waals surface area contributed by atoms with Crippen molar-refractivity contribution in [3.05, 3.63) is 59.2 Å². The number of pyridine rings is 1. The van der Waals surface area contributed by atoms with E-state index in [0.717, 1.165) is 5.56 Å². The third-order valence-electron chi connectivity index (χ3n) is 2.57. The average molecular weight is 301 g/mol. The summed E-state index contributed by atoms with van der Waals surface area (Å²) in [6.45, 7) is 0.226. The van der Waals surface area contributed by atoms with Crippen molar-refractivity contribution in [3.63, 3.8) is 0 Å². The second-order valence-corrected chi connectivity index (χ2v) is 4.29. The zero-order valence-corrected chi connectivity index (χ0v) is 11.7. The van der Waals surface area contributed by atoms with Crippen molar-refractivity contribution in [1.29, 1.82) is 5.26 Å². The first kappa shape index (κ1) is 14.8. The van der Waals surface area contributed by atoms with E-state index >= 15 is 0 Å². The number of aromatic nitrogens is 1. The van der Waals surface area contributed by atoms with Gasteiger partial charge in [-0.3, -0.25) is 0 Å². The molecule has 0 aliphatic carbocycles. The Labute approximate surface area is 127 Å². The first-order chi connectivity index (χ1) is 10.2. The van der Waals surface area contributed by atoms with Crippen molar-refractivity contribution in [2.75, 3.05) is 5.88 Å². The van der Waals surface area contributed by atoms with E-state index in [0.29, 0.717) is 11.4 Å². The summed E-state index contributed by atoms with van der Waals surface area (Å²) in [5.41, 5.74) is 1.38. The van der Waals surface area contributed by atoms with Crippen LogP contribution in [-0.4, -0.2) is 10.9 Å². The van der Waals surface area contributed by atoms with Crippen LogP contribution in [0.25, 0.3) is 0 Å².